The highest BCUT2D eigenvalue weighted by molar-refractivity contribution is 6.12. The van der Waals surface area contributed by atoms with Crippen LogP contribution in [0.5, 0.6) is 0 Å². The molecule has 1 aliphatic heterocycles. The van der Waals surface area contributed by atoms with Crippen LogP contribution in [0, 0.1) is 11.8 Å². The summed E-state index contributed by atoms with van der Waals surface area (Å²) in [4.78, 5) is 84.0. The Morgan fingerprint density at radius 2 is 1.72 bits per heavy atom. The molecule has 1 aliphatic rings. The quantitative estimate of drug-likeness (QED) is 0.114. The van der Waals surface area contributed by atoms with Gasteiger partial charge in [-0.2, -0.15) is 0 Å². The second-order valence-electron chi connectivity index (χ2n) is 8.92. The van der Waals surface area contributed by atoms with Crippen LogP contribution in [-0.4, -0.2) is 72.3 Å². The first kappa shape index (κ1) is 28.7. The van der Waals surface area contributed by atoms with Gasteiger partial charge in [0.2, 0.25) is 11.8 Å². The number of amides is 6. The molecule has 0 saturated heterocycles. The molecule has 200 valence electrons. The van der Waals surface area contributed by atoms with Crippen molar-refractivity contribution in [2.24, 2.45) is 17.6 Å². The van der Waals surface area contributed by atoms with E-state index in [4.69, 9.17) is 7.10 Å². The van der Waals surface area contributed by atoms with Gasteiger partial charge in [0.05, 0.1) is 12.6 Å². The third-order valence-electron chi connectivity index (χ3n) is 5.70. The van der Waals surface area contributed by atoms with Gasteiger partial charge in [-0.3, -0.25) is 28.9 Å². The second-order valence-corrected chi connectivity index (χ2v) is 8.92. The van der Waals surface area contributed by atoms with E-state index in [1.165, 1.54) is 12.2 Å². The molecule has 0 aromatic carbocycles. The average molecular weight is 509 g/mol. The molecule has 0 saturated carbocycles. The van der Waals surface area contributed by atoms with Gasteiger partial charge in [-0.05, 0) is 31.6 Å². The van der Waals surface area contributed by atoms with Crippen molar-refractivity contribution in [1.29, 1.82) is 0 Å². The van der Waals surface area contributed by atoms with Crippen molar-refractivity contribution in [3.63, 3.8) is 0 Å². The predicted molar refractivity (Wildman–Crippen MR) is 130 cm³/mol. The van der Waals surface area contributed by atoms with Gasteiger partial charge in [-0.25, -0.2) is 4.79 Å². The highest BCUT2D eigenvalue weighted by Crippen LogP contribution is 2.17. The van der Waals surface area contributed by atoms with Gasteiger partial charge < -0.3 is 26.5 Å². The second kappa shape index (κ2) is 16.2. The van der Waals surface area contributed by atoms with Crippen molar-refractivity contribution in [3.05, 3.63) is 12.2 Å². The summed E-state index contributed by atoms with van der Waals surface area (Å²) >= 11 is 0. The molecule has 36 heavy (non-hydrogen) atoms. The fourth-order valence-electron chi connectivity index (χ4n) is 3.77. The molecule has 0 spiro atoms. The molecule has 0 aromatic rings. The number of Topliss-reactive ketones (excluding diaryl/α,β-unsaturated/α-hetero) is 1. The smallest absolute Gasteiger partial charge is 0.312 e. The van der Waals surface area contributed by atoms with E-state index < -0.39 is 36.7 Å². The zero-order valence-corrected chi connectivity index (χ0v) is 20.8. The van der Waals surface area contributed by atoms with Crippen LogP contribution < -0.4 is 21.7 Å². The van der Waals surface area contributed by atoms with Gasteiger partial charge in [0.1, 0.15) is 7.63 Å². The number of nitrogens with zero attached hydrogens (tertiary/aromatic N) is 1. The minimum Gasteiger partial charge on any atom is -0.352 e. The van der Waals surface area contributed by atoms with E-state index in [-0.39, 0.29) is 61.8 Å². The van der Waals surface area contributed by atoms with Gasteiger partial charge in [0.15, 0.2) is 5.78 Å². The summed E-state index contributed by atoms with van der Waals surface area (Å²) in [6.45, 7) is 3.54. The number of imide groups is 1. The number of unbranched alkanes of at least 4 members (excludes halogenated alkanes) is 2. The Hall–Kier alpha value is -3.57. The molecule has 0 fully saturated rings. The Labute approximate surface area is 212 Å². The molecule has 2 atom stereocenters. The molecule has 0 aromatic heterocycles. The number of hydrogen-bond acceptors (Lipinski definition) is 7. The molecule has 0 bridgehead atoms. The highest BCUT2D eigenvalue weighted by Gasteiger charge is 2.29. The molecule has 12 heteroatoms. The minimum absolute atomic E-state index is 0.158. The van der Waals surface area contributed by atoms with Crippen LogP contribution in [0.25, 0.3) is 0 Å². The molecule has 12 nitrogen and oxygen atoms in total. The van der Waals surface area contributed by atoms with Crippen LogP contribution in [0.1, 0.15) is 60.2 Å². The van der Waals surface area contributed by atoms with Crippen molar-refractivity contribution >= 4 is 41.7 Å². The van der Waals surface area contributed by atoms with Crippen LogP contribution in [-0.2, 0) is 28.8 Å². The monoisotopic (exact) mass is 508 g/mol. The third kappa shape index (κ3) is 11.2. The van der Waals surface area contributed by atoms with Crippen molar-refractivity contribution < 1.29 is 34.9 Å². The van der Waals surface area contributed by atoms with Crippen molar-refractivity contribution in [2.75, 3.05) is 19.6 Å². The van der Waals surface area contributed by atoms with Gasteiger partial charge >= 0.3 is 6.03 Å². The largest absolute Gasteiger partial charge is 0.352 e. The van der Waals surface area contributed by atoms with E-state index in [2.05, 4.69) is 16.0 Å². The average Bonchev–Trinajstić information content (AvgIpc) is 3.14. The number of nitrogens with two attached hydrogens (primary N) is 1. The Kier molecular flexibility index (Phi) is 12.9. The van der Waals surface area contributed by atoms with Gasteiger partial charge in [-0.15, -0.1) is 0 Å². The summed E-state index contributed by atoms with van der Waals surface area (Å²) in [5.41, 5.74) is 5.03. The lowest BCUT2D eigenvalue weighted by atomic mass is 9.89. The predicted octanol–water partition coefficient (Wildman–Crippen LogP) is -0.0484. The molecular weight excluding hydrogens is 470 g/mol. The number of urea groups is 1. The van der Waals surface area contributed by atoms with E-state index >= 15 is 0 Å². The minimum atomic E-state index is -0.976. The number of aldehydes is 1. The zero-order valence-electron chi connectivity index (χ0n) is 21.8. The zero-order chi connectivity index (χ0) is 28.0. The standard InChI is InChI=1S/C24H37N5O7/c1-16(2)22(28-19(32)8-4-3-5-13-29-20(33)9-10-21(29)34)18(31)15-17(23(35)26-12-14-30)7-6-11-27-24(25)36/h9-10,14,16-17,22H,3-8,11-13,15H2,1-2H3,(H,26,35)(H,28,32)(H3,25,27,36)/t17-,22+/m1/s1/i14D. The van der Waals surface area contributed by atoms with E-state index in [1.54, 1.807) is 13.8 Å². The van der Waals surface area contributed by atoms with Crippen molar-refractivity contribution in [3.8, 4) is 0 Å². The summed E-state index contributed by atoms with van der Waals surface area (Å²) in [6.07, 6.45) is 3.69. The number of ketones is 1. The number of carbonyl (C=O) groups is 7. The van der Waals surface area contributed by atoms with E-state index in [0.29, 0.717) is 25.7 Å². The van der Waals surface area contributed by atoms with E-state index in [0.717, 1.165) is 4.90 Å². The summed E-state index contributed by atoms with van der Waals surface area (Å²) in [5, 5.41) is 7.47. The summed E-state index contributed by atoms with van der Waals surface area (Å²) in [7, 11) is 0. The maximum Gasteiger partial charge on any atom is 0.312 e. The summed E-state index contributed by atoms with van der Waals surface area (Å²) < 4.78 is 6.95. The van der Waals surface area contributed by atoms with Gasteiger partial charge in [-0.1, -0.05) is 20.3 Å². The molecule has 1 rings (SSSR count). The molecule has 1 heterocycles. The first-order valence-corrected chi connectivity index (χ1v) is 12.1. The Balaban J connectivity index is 2.58. The first-order valence-electron chi connectivity index (χ1n) is 12.6. The molecule has 0 aliphatic carbocycles. The number of rotatable bonds is 18. The Bertz CT molecular complexity index is 888. The van der Waals surface area contributed by atoms with E-state index in [1.807, 2.05) is 0 Å². The maximum absolute atomic E-state index is 13.0. The summed E-state index contributed by atoms with van der Waals surface area (Å²) in [6, 6.07) is -1.54. The third-order valence-corrected chi connectivity index (χ3v) is 5.70. The fraction of sp³-hybridized carbons (Fsp3) is 0.625. The lowest BCUT2D eigenvalue weighted by Gasteiger charge is -2.24. The lowest BCUT2D eigenvalue weighted by Crippen LogP contribution is -2.46. The van der Waals surface area contributed by atoms with Crippen LogP contribution in [0.2, 0.25) is 0 Å². The SMILES string of the molecule is [2H]C(=O)CNC(=O)[C@H](CCCNC(N)=O)CC(=O)[C@@H](NC(=O)CCCCCN1C(=O)C=CC1=O)C(C)C. The van der Waals surface area contributed by atoms with Crippen LogP contribution in [0.3, 0.4) is 0 Å². The van der Waals surface area contributed by atoms with Crippen molar-refractivity contribution in [1.82, 2.24) is 20.9 Å². The molecule has 6 amide bonds. The summed E-state index contributed by atoms with van der Waals surface area (Å²) in [5.74, 6) is -2.98. The molecule has 5 N–H and O–H groups in total. The van der Waals surface area contributed by atoms with Gasteiger partial charge in [0, 0.05) is 44.0 Å². The number of nitrogens with one attached hydrogen (secondary N) is 3. The van der Waals surface area contributed by atoms with Crippen molar-refractivity contribution in [2.45, 2.75) is 64.8 Å². The first-order chi connectivity index (χ1) is 17.4. The van der Waals surface area contributed by atoms with Gasteiger partial charge in [0.25, 0.3) is 11.8 Å². The fourth-order valence-corrected chi connectivity index (χ4v) is 3.77. The Morgan fingerprint density at radius 1 is 1.06 bits per heavy atom. The highest BCUT2D eigenvalue weighted by atomic mass is 16.2. The Morgan fingerprint density at radius 3 is 2.31 bits per heavy atom. The lowest BCUT2D eigenvalue weighted by molar-refractivity contribution is -0.137. The normalized spacial score (nSPS) is 14.9. The van der Waals surface area contributed by atoms with Crippen LogP contribution in [0.15, 0.2) is 12.2 Å². The maximum atomic E-state index is 13.0. The number of primary amides is 1. The molecule has 0 radical (unpaired) electrons. The topological polar surface area (TPSA) is 185 Å². The van der Waals surface area contributed by atoms with E-state index in [9.17, 15) is 33.6 Å². The molecular formula is C24H37N5O7. The molecule has 0 unspecified atom stereocenters. The number of hydrogen-bond donors (Lipinski definition) is 4. The number of carbonyl (C=O) groups excluding carboxylic acids is 7. The van der Waals surface area contributed by atoms with Crippen LogP contribution >= 0.6 is 0 Å². The van der Waals surface area contributed by atoms with Crippen LogP contribution in [0.4, 0.5) is 4.79 Å².